The molecule has 1 heterocycles. The van der Waals surface area contributed by atoms with Gasteiger partial charge in [-0.25, -0.2) is 4.39 Å². The average Bonchev–Trinajstić information content (AvgIpc) is 2.82. The maximum atomic E-state index is 13.2. The van der Waals surface area contributed by atoms with Crippen LogP contribution < -0.4 is 0 Å². The van der Waals surface area contributed by atoms with E-state index in [2.05, 4.69) is 5.16 Å². The summed E-state index contributed by atoms with van der Waals surface area (Å²) in [7, 11) is 0. The minimum absolute atomic E-state index is 0.0787. The van der Waals surface area contributed by atoms with Crippen molar-refractivity contribution in [3.63, 3.8) is 0 Å². The highest BCUT2D eigenvalue weighted by atomic mass is 35.5. The Kier molecular flexibility index (Phi) is 3.41. The Hall–Kier alpha value is -1.13. The molecule has 1 aliphatic rings. The standard InChI is InChI=1S/C11H11ClFNO2/c12-6-8-5-7(1-2-9(8)13)11(15)10-3-4-16-14-10/h1-2,5,11,15H,3-4,6H2. The number of nitrogens with zero attached hydrogens (tertiary/aromatic N) is 1. The number of alkyl halides is 1. The smallest absolute Gasteiger partial charge is 0.127 e. The summed E-state index contributed by atoms with van der Waals surface area (Å²) in [4.78, 5) is 4.81. The normalized spacial score (nSPS) is 16.8. The molecule has 1 atom stereocenters. The number of halogens is 2. The molecule has 3 nitrogen and oxygen atoms in total. The second-order valence-corrected chi connectivity index (χ2v) is 3.82. The Labute approximate surface area is 97.5 Å². The summed E-state index contributed by atoms with van der Waals surface area (Å²) in [5.41, 5.74) is 1.52. The van der Waals surface area contributed by atoms with Crippen molar-refractivity contribution in [2.75, 3.05) is 6.61 Å². The molecule has 0 spiro atoms. The van der Waals surface area contributed by atoms with Gasteiger partial charge in [-0.05, 0) is 17.7 Å². The highest BCUT2D eigenvalue weighted by Crippen LogP contribution is 2.22. The zero-order valence-electron chi connectivity index (χ0n) is 8.49. The molecule has 1 aliphatic heterocycles. The summed E-state index contributed by atoms with van der Waals surface area (Å²) in [6.07, 6.45) is -0.251. The molecular weight excluding hydrogens is 233 g/mol. The van der Waals surface area contributed by atoms with E-state index in [0.717, 1.165) is 0 Å². The second kappa shape index (κ2) is 4.80. The van der Waals surface area contributed by atoms with E-state index in [-0.39, 0.29) is 11.7 Å². The summed E-state index contributed by atoms with van der Waals surface area (Å²) in [5, 5.41) is 13.7. The lowest BCUT2D eigenvalue weighted by Gasteiger charge is -2.10. The molecule has 0 fully saturated rings. The molecule has 16 heavy (non-hydrogen) atoms. The molecule has 86 valence electrons. The SMILES string of the molecule is OC(C1=NOCC1)c1ccc(F)c(CCl)c1. The monoisotopic (exact) mass is 243 g/mol. The first-order chi connectivity index (χ1) is 7.72. The van der Waals surface area contributed by atoms with E-state index in [4.69, 9.17) is 16.4 Å². The molecule has 2 rings (SSSR count). The number of aliphatic hydroxyl groups excluding tert-OH is 1. The van der Waals surface area contributed by atoms with Crippen LogP contribution in [-0.2, 0) is 10.7 Å². The number of oxime groups is 1. The largest absolute Gasteiger partial charge is 0.395 e. The van der Waals surface area contributed by atoms with Crippen LogP contribution in [0.3, 0.4) is 0 Å². The fraction of sp³-hybridized carbons (Fsp3) is 0.364. The van der Waals surface area contributed by atoms with E-state index in [9.17, 15) is 9.50 Å². The van der Waals surface area contributed by atoms with Crippen LogP contribution in [0, 0.1) is 5.82 Å². The molecule has 0 saturated heterocycles. The molecule has 5 heteroatoms. The van der Waals surface area contributed by atoms with E-state index in [1.165, 1.54) is 12.1 Å². The minimum atomic E-state index is -0.843. The predicted molar refractivity (Wildman–Crippen MR) is 58.9 cm³/mol. The van der Waals surface area contributed by atoms with Gasteiger partial charge in [0.1, 0.15) is 18.5 Å². The summed E-state index contributed by atoms with van der Waals surface area (Å²) < 4.78 is 13.2. The zero-order valence-corrected chi connectivity index (χ0v) is 9.25. The molecule has 0 aromatic heterocycles. The topological polar surface area (TPSA) is 41.8 Å². The van der Waals surface area contributed by atoms with Crippen LogP contribution in [0.25, 0.3) is 0 Å². The van der Waals surface area contributed by atoms with Crippen molar-refractivity contribution in [1.82, 2.24) is 0 Å². The van der Waals surface area contributed by atoms with Crippen LogP contribution in [0.5, 0.6) is 0 Å². The highest BCUT2D eigenvalue weighted by molar-refractivity contribution is 6.17. The van der Waals surface area contributed by atoms with Crippen molar-refractivity contribution in [3.05, 3.63) is 35.1 Å². The molecule has 0 saturated carbocycles. The second-order valence-electron chi connectivity index (χ2n) is 3.55. The number of rotatable bonds is 3. The van der Waals surface area contributed by atoms with Gasteiger partial charge >= 0.3 is 0 Å². The van der Waals surface area contributed by atoms with Crippen molar-refractivity contribution in [2.24, 2.45) is 5.16 Å². The Morgan fingerprint density at radius 1 is 1.56 bits per heavy atom. The number of hydrogen-bond acceptors (Lipinski definition) is 3. The van der Waals surface area contributed by atoms with E-state index in [1.807, 2.05) is 0 Å². The van der Waals surface area contributed by atoms with Gasteiger partial charge < -0.3 is 9.94 Å². The first kappa shape index (κ1) is 11.4. The van der Waals surface area contributed by atoms with Crippen LogP contribution in [-0.4, -0.2) is 17.4 Å². The molecule has 0 amide bonds. The van der Waals surface area contributed by atoms with Crippen molar-refractivity contribution >= 4 is 17.3 Å². The van der Waals surface area contributed by atoms with Crippen LogP contribution in [0.2, 0.25) is 0 Å². The first-order valence-corrected chi connectivity index (χ1v) is 5.47. The lowest BCUT2D eigenvalue weighted by molar-refractivity contribution is 0.172. The summed E-state index contributed by atoms with van der Waals surface area (Å²) in [6.45, 7) is 0.482. The number of benzene rings is 1. The third-order valence-electron chi connectivity index (χ3n) is 2.48. The zero-order chi connectivity index (χ0) is 11.5. The van der Waals surface area contributed by atoms with Gasteiger partial charge in [0, 0.05) is 12.0 Å². The Bertz CT molecular complexity index is 422. The van der Waals surface area contributed by atoms with Gasteiger partial charge in [-0.3, -0.25) is 0 Å². The molecule has 1 aromatic carbocycles. The van der Waals surface area contributed by atoms with Crippen LogP contribution >= 0.6 is 11.6 Å². The summed E-state index contributed by atoms with van der Waals surface area (Å²) >= 11 is 5.59. The van der Waals surface area contributed by atoms with Gasteiger partial charge in [-0.1, -0.05) is 11.2 Å². The summed E-state index contributed by atoms with van der Waals surface area (Å²) in [6, 6.07) is 4.37. The maximum absolute atomic E-state index is 13.2. The number of hydrogen-bond donors (Lipinski definition) is 1. The lowest BCUT2D eigenvalue weighted by atomic mass is 10.0. The van der Waals surface area contributed by atoms with E-state index in [1.54, 1.807) is 6.07 Å². The summed E-state index contributed by atoms with van der Waals surface area (Å²) in [5.74, 6) is -0.286. The Balaban J connectivity index is 2.26. The third kappa shape index (κ3) is 2.18. The molecular formula is C11H11ClFNO2. The van der Waals surface area contributed by atoms with E-state index >= 15 is 0 Å². The van der Waals surface area contributed by atoms with E-state index < -0.39 is 6.10 Å². The first-order valence-electron chi connectivity index (χ1n) is 4.93. The van der Waals surface area contributed by atoms with Gasteiger partial charge in [-0.2, -0.15) is 0 Å². The van der Waals surface area contributed by atoms with Gasteiger partial charge in [0.05, 0.1) is 11.6 Å². The molecule has 1 N–H and O–H groups in total. The van der Waals surface area contributed by atoms with Gasteiger partial charge in [-0.15, -0.1) is 11.6 Å². The van der Waals surface area contributed by atoms with Crippen molar-refractivity contribution < 1.29 is 14.3 Å². The average molecular weight is 244 g/mol. The molecule has 0 radical (unpaired) electrons. The van der Waals surface area contributed by atoms with Crippen LogP contribution in [0.4, 0.5) is 4.39 Å². The molecule has 1 aromatic rings. The van der Waals surface area contributed by atoms with E-state index in [0.29, 0.717) is 29.9 Å². The minimum Gasteiger partial charge on any atom is -0.395 e. The maximum Gasteiger partial charge on any atom is 0.127 e. The van der Waals surface area contributed by atoms with Crippen molar-refractivity contribution in [1.29, 1.82) is 0 Å². The van der Waals surface area contributed by atoms with Gasteiger partial charge in [0.2, 0.25) is 0 Å². The molecule has 0 aliphatic carbocycles. The third-order valence-corrected chi connectivity index (χ3v) is 2.76. The predicted octanol–water partition coefficient (Wildman–Crippen LogP) is 2.37. The van der Waals surface area contributed by atoms with Crippen LogP contribution in [0.15, 0.2) is 23.4 Å². The lowest BCUT2D eigenvalue weighted by Crippen LogP contribution is -2.10. The fourth-order valence-corrected chi connectivity index (χ4v) is 1.78. The van der Waals surface area contributed by atoms with Crippen molar-refractivity contribution in [3.8, 4) is 0 Å². The fourth-order valence-electron chi connectivity index (χ4n) is 1.57. The van der Waals surface area contributed by atoms with Crippen LogP contribution in [0.1, 0.15) is 23.7 Å². The molecule has 0 bridgehead atoms. The van der Waals surface area contributed by atoms with Gasteiger partial charge in [0.15, 0.2) is 0 Å². The molecule has 1 unspecified atom stereocenters. The number of aliphatic hydroxyl groups is 1. The quantitative estimate of drug-likeness (QED) is 0.829. The Morgan fingerprint density at radius 3 is 3.00 bits per heavy atom. The Morgan fingerprint density at radius 2 is 2.38 bits per heavy atom. The highest BCUT2D eigenvalue weighted by Gasteiger charge is 2.20. The van der Waals surface area contributed by atoms with Crippen molar-refractivity contribution in [2.45, 2.75) is 18.4 Å². The van der Waals surface area contributed by atoms with Gasteiger partial charge in [0.25, 0.3) is 0 Å².